The number of benzene rings is 1. The number of aromatic amines is 1. The Morgan fingerprint density at radius 1 is 1.07 bits per heavy atom. The lowest BCUT2D eigenvalue weighted by Gasteiger charge is -2.22. The van der Waals surface area contributed by atoms with Crippen LogP contribution in [0.25, 0.3) is 22.3 Å². The van der Waals surface area contributed by atoms with Crippen molar-refractivity contribution in [3.63, 3.8) is 0 Å². The van der Waals surface area contributed by atoms with Crippen LogP contribution in [0.4, 0.5) is 13.2 Å². The molecule has 0 saturated carbocycles. The van der Waals surface area contributed by atoms with Crippen molar-refractivity contribution in [2.75, 3.05) is 0 Å². The summed E-state index contributed by atoms with van der Waals surface area (Å²) in [5, 5.41) is 0.524. The summed E-state index contributed by atoms with van der Waals surface area (Å²) >= 11 is 0. The highest BCUT2D eigenvalue weighted by molar-refractivity contribution is 5.97. The molecular weight excluding hydrogens is 401 g/mol. The van der Waals surface area contributed by atoms with Crippen LogP contribution < -0.4 is 22.3 Å². The molecule has 3 aromatic rings. The largest absolute Gasteiger partial charge is 0.417 e. The van der Waals surface area contributed by atoms with Crippen molar-refractivity contribution in [3.8, 4) is 11.3 Å². The number of fused-ring (bicyclic) bond motifs is 1. The highest BCUT2D eigenvalue weighted by Crippen LogP contribution is 2.37. The summed E-state index contributed by atoms with van der Waals surface area (Å²) in [6.45, 7) is 0. The third-order valence-electron chi connectivity index (χ3n) is 4.82. The molecule has 1 aliphatic rings. The van der Waals surface area contributed by atoms with E-state index in [2.05, 4.69) is 20.8 Å². The van der Waals surface area contributed by atoms with E-state index in [4.69, 9.17) is 11.5 Å². The molecule has 0 saturated heterocycles. The summed E-state index contributed by atoms with van der Waals surface area (Å²) in [4.78, 5) is 30.8. The number of hydrazine groups is 1. The number of rotatable bonds is 4. The smallest absolute Gasteiger partial charge is 0.367 e. The van der Waals surface area contributed by atoms with Crippen LogP contribution in [0.15, 0.2) is 54.2 Å². The minimum absolute atomic E-state index is 0.0364. The molecule has 8 nitrogen and oxygen atoms in total. The zero-order valence-corrected chi connectivity index (χ0v) is 15.2. The molecule has 2 amide bonds. The number of hydrogen-bond donors (Lipinski definition) is 5. The molecule has 1 atom stereocenters. The van der Waals surface area contributed by atoms with E-state index >= 15 is 0 Å². The molecule has 0 spiro atoms. The standard InChI is InChI=1S/C19H15F3N6O2/c20-19(21,22)11-4-2-1-3-10(11)12-7-9-5-6-14(26-16(9)25-12)18(17(24)30)8-13(15(23)29)27-28-18/h1-8,27-28H,(H2,23,29)(H2,24,30)(H,25,26). The third kappa shape index (κ3) is 3.05. The Balaban J connectivity index is 1.83. The summed E-state index contributed by atoms with van der Waals surface area (Å²) in [7, 11) is 0. The molecule has 7 N–H and O–H groups in total. The van der Waals surface area contributed by atoms with Crippen LogP contribution >= 0.6 is 0 Å². The number of amides is 2. The minimum atomic E-state index is -4.53. The van der Waals surface area contributed by atoms with Crippen LogP contribution in [-0.4, -0.2) is 21.8 Å². The van der Waals surface area contributed by atoms with Gasteiger partial charge in [0.15, 0.2) is 5.54 Å². The summed E-state index contributed by atoms with van der Waals surface area (Å²) < 4.78 is 40.1. The van der Waals surface area contributed by atoms with Gasteiger partial charge >= 0.3 is 6.18 Å². The number of aromatic nitrogens is 2. The van der Waals surface area contributed by atoms with Crippen LogP contribution in [0, 0.1) is 0 Å². The Bertz CT molecular complexity index is 1220. The Morgan fingerprint density at radius 3 is 2.43 bits per heavy atom. The molecule has 4 rings (SSSR count). The van der Waals surface area contributed by atoms with Crippen molar-refractivity contribution in [2.45, 2.75) is 11.7 Å². The fourth-order valence-corrected chi connectivity index (χ4v) is 3.32. The number of pyridine rings is 1. The Labute approximate surface area is 167 Å². The van der Waals surface area contributed by atoms with E-state index in [1.54, 1.807) is 6.07 Å². The summed E-state index contributed by atoms with van der Waals surface area (Å²) in [6.07, 6.45) is -3.31. The van der Waals surface area contributed by atoms with Gasteiger partial charge in [-0.1, -0.05) is 18.2 Å². The minimum Gasteiger partial charge on any atom is -0.367 e. The second kappa shape index (κ2) is 6.59. The number of primary amides is 2. The van der Waals surface area contributed by atoms with Crippen molar-refractivity contribution in [3.05, 3.63) is 65.5 Å². The molecule has 154 valence electrons. The molecule has 1 unspecified atom stereocenters. The van der Waals surface area contributed by atoms with Crippen LogP contribution in [-0.2, 0) is 21.3 Å². The first kappa shape index (κ1) is 19.5. The predicted molar refractivity (Wildman–Crippen MR) is 101 cm³/mol. The van der Waals surface area contributed by atoms with Gasteiger partial charge < -0.3 is 21.9 Å². The zero-order chi connectivity index (χ0) is 21.7. The molecule has 0 radical (unpaired) electrons. The van der Waals surface area contributed by atoms with Crippen LogP contribution in [0.5, 0.6) is 0 Å². The number of nitrogens with one attached hydrogen (secondary N) is 3. The Kier molecular flexibility index (Phi) is 4.28. The van der Waals surface area contributed by atoms with Crippen molar-refractivity contribution in [2.24, 2.45) is 11.5 Å². The van der Waals surface area contributed by atoms with Crippen molar-refractivity contribution in [1.29, 1.82) is 0 Å². The van der Waals surface area contributed by atoms with Gasteiger partial charge in [-0.2, -0.15) is 13.2 Å². The lowest BCUT2D eigenvalue weighted by atomic mass is 9.94. The van der Waals surface area contributed by atoms with Gasteiger partial charge in [-0.25, -0.2) is 10.4 Å². The van der Waals surface area contributed by atoms with E-state index in [1.807, 2.05) is 0 Å². The van der Waals surface area contributed by atoms with E-state index < -0.39 is 29.1 Å². The predicted octanol–water partition coefficient (Wildman–Crippen LogP) is 1.41. The van der Waals surface area contributed by atoms with Crippen LogP contribution in [0.1, 0.15) is 11.3 Å². The SMILES string of the molecule is NC(=O)C1=CC(C(N)=O)(c2ccc3cc(-c4ccccc4C(F)(F)F)[nH]c3n2)NN1. The van der Waals surface area contributed by atoms with Gasteiger partial charge in [0.1, 0.15) is 11.3 Å². The zero-order valence-electron chi connectivity index (χ0n) is 15.2. The van der Waals surface area contributed by atoms with E-state index in [0.717, 1.165) is 6.07 Å². The van der Waals surface area contributed by atoms with E-state index in [-0.39, 0.29) is 28.3 Å². The van der Waals surface area contributed by atoms with Gasteiger partial charge in [0.2, 0.25) is 5.91 Å². The first-order valence-corrected chi connectivity index (χ1v) is 8.64. The Hall–Kier alpha value is -3.86. The van der Waals surface area contributed by atoms with E-state index in [1.165, 1.54) is 36.4 Å². The van der Waals surface area contributed by atoms with Crippen LogP contribution in [0.3, 0.4) is 0 Å². The first-order valence-electron chi connectivity index (χ1n) is 8.64. The van der Waals surface area contributed by atoms with Gasteiger partial charge in [0.25, 0.3) is 5.91 Å². The van der Waals surface area contributed by atoms with Gasteiger partial charge in [0, 0.05) is 16.6 Å². The third-order valence-corrected chi connectivity index (χ3v) is 4.82. The van der Waals surface area contributed by atoms with E-state index in [0.29, 0.717) is 5.39 Å². The van der Waals surface area contributed by atoms with Crippen molar-refractivity contribution < 1.29 is 22.8 Å². The number of alkyl halides is 3. The van der Waals surface area contributed by atoms with Crippen molar-refractivity contribution >= 4 is 22.8 Å². The molecule has 1 aromatic carbocycles. The average Bonchev–Trinajstić information content (AvgIpc) is 3.32. The van der Waals surface area contributed by atoms with Gasteiger partial charge in [-0.15, -0.1) is 0 Å². The second-order valence-corrected chi connectivity index (χ2v) is 6.71. The summed E-state index contributed by atoms with van der Waals surface area (Å²) in [6, 6.07) is 9.74. The lowest BCUT2D eigenvalue weighted by Crippen LogP contribution is -2.52. The number of halogens is 3. The van der Waals surface area contributed by atoms with Crippen molar-refractivity contribution in [1.82, 2.24) is 20.8 Å². The quantitative estimate of drug-likeness (QED) is 0.438. The fraction of sp³-hybridized carbons (Fsp3) is 0.105. The number of nitrogens with two attached hydrogens (primary N) is 2. The van der Waals surface area contributed by atoms with Gasteiger partial charge in [-0.3, -0.25) is 9.59 Å². The van der Waals surface area contributed by atoms with Crippen LogP contribution in [0.2, 0.25) is 0 Å². The normalized spacial score (nSPS) is 18.8. The maximum atomic E-state index is 13.4. The molecule has 0 fully saturated rings. The lowest BCUT2D eigenvalue weighted by molar-refractivity contribution is -0.137. The molecule has 2 aromatic heterocycles. The highest BCUT2D eigenvalue weighted by atomic mass is 19.4. The summed E-state index contributed by atoms with van der Waals surface area (Å²) in [5.41, 5.74) is 13.9. The molecular formula is C19H15F3N6O2. The highest BCUT2D eigenvalue weighted by Gasteiger charge is 2.43. The number of H-pyrrole nitrogens is 1. The molecule has 0 aliphatic carbocycles. The number of carbonyl (C=O) groups excluding carboxylic acids is 2. The number of carbonyl (C=O) groups is 2. The van der Waals surface area contributed by atoms with Gasteiger partial charge in [0.05, 0.1) is 11.3 Å². The first-order chi connectivity index (χ1) is 14.1. The maximum Gasteiger partial charge on any atom is 0.417 e. The number of hydrogen-bond acceptors (Lipinski definition) is 5. The molecule has 3 heterocycles. The molecule has 11 heteroatoms. The Morgan fingerprint density at radius 2 is 1.80 bits per heavy atom. The van der Waals surface area contributed by atoms with E-state index in [9.17, 15) is 22.8 Å². The molecule has 0 bridgehead atoms. The second-order valence-electron chi connectivity index (χ2n) is 6.71. The fourth-order valence-electron chi connectivity index (χ4n) is 3.32. The topological polar surface area (TPSA) is 139 Å². The number of nitrogens with zero attached hydrogens (tertiary/aromatic N) is 1. The average molecular weight is 416 g/mol. The summed E-state index contributed by atoms with van der Waals surface area (Å²) in [5.74, 6) is -1.66. The molecule has 1 aliphatic heterocycles. The molecule has 30 heavy (non-hydrogen) atoms. The maximum absolute atomic E-state index is 13.4. The monoisotopic (exact) mass is 416 g/mol. The van der Waals surface area contributed by atoms with Gasteiger partial charge in [-0.05, 0) is 30.3 Å².